The van der Waals surface area contributed by atoms with Crippen molar-refractivity contribution in [1.82, 2.24) is 0 Å². The second kappa shape index (κ2) is 8.55. The topological polar surface area (TPSA) is 0 Å². The lowest BCUT2D eigenvalue weighted by Gasteiger charge is -1.93. The van der Waals surface area contributed by atoms with Crippen LogP contribution in [-0.2, 0) is 0 Å². The number of rotatable bonds is 0. The summed E-state index contributed by atoms with van der Waals surface area (Å²) >= 11 is 0. The third kappa shape index (κ3) is 6.47. The fourth-order valence-electron chi connectivity index (χ4n) is 1.42. The SMILES string of the molecule is C1=CCCCC/C=C/C=C\C/C=C/C1. The van der Waals surface area contributed by atoms with Gasteiger partial charge in [-0.3, -0.25) is 0 Å². The summed E-state index contributed by atoms with van der Waals surface area (Å²) in [6.07, 6.45) is 25.0. The molecule has 14 heavy (non-hydrogen) atoms. The first-order chi connectivity index (χ1) is 7.00. The zero-order valence-corrected chi connectivity index (χ0v) is 8.86. The Morgan fingerprint density at radius 2 is 1.07 bits per heavy atom. The van der Waals surface area contributed by atoms with Crippen LogP contribution >= 0.6 is 0 Å². The lowest BCUT2D eigenvalue weighted by atomic mass is 10.1. The summed E-state index contributed by atoms with van der Waals surface area (Å²) in [5, 5.41) is 0. The molecule has 0 aromatic heterocycles. The molecule has 0 heterocycles. The Labute approximate surface area is 87.7 Å². The monoisotopic (exact) mass is 188 g/mol. The Bertz CT molecular complexity index is 228. The Morgan fingerprint density at radius 3 is 1.93 bits per heavy atom. The molecule has 0 atom stereocenters. The van der Waals surface area contributed by atoms with Crippen LogP contribution in [0.3, 0.4) is 0 Å². The highest BCUT2D eigenvalue weighted by molar-refractivity contribution is 5.05. The predicted molar refractivity (Wildman–Crippen MR) is 64.3 cm³/mol. The number of hydrogen-bond donors (Lipinski definition) is 0. The summed E-state index contributed by atoms with van der Waals surface area (Å²) in [5.41, 5.74) is 0. The van der Waals surface area contributed by atoms with Crippen LogP contribution in [0.25, 0.3) is 0 Å². The molecule has 1 aliphatic carbocycles. The van der Waals surface area contributed by atoms with E-state index in [2.05, 4.69) is 48.6 Å². The van der Waals surface area contributed by atoms with Gasteiger partial charge in [0.25, 0.3) is 0 Å². The summed E-state index contributed by atoms with van der Waals surface area (Å²) in [5.74, 6) is 0. The predicted octanol–water partition coefficient (Wildman–Crippen LogP) is 4.57. The van der Waals surface area contributed by atoms with Gasteiger partial charge >= 0.3 is 0 Å². The van der Waals surface area contributed by atoms with E-state index in [9.17, 15) is 0 Å². The van der Waals surface area contributed by atoms with Crippen LogP contribution in [0.5, 0.6) is 0 Å². The van der Waals surface area contributed by atoms with Crippen LogP contribution in [0.2, 0.25) is 0 Å². The fraction of sp³-hybridized carbons (Fsp3) is 0.429. The van der Waals surface area contributed by atoms with Crippen LogP contribution < -0.4 is 0 Å². The Hall–Kier alpha value is -1.04. The van der Waals surface area contributed by atoms with Crippen molar-refractivity contribution < 1.29 is 0 Å². The molecule has 0 unspecified atom stereocenters. The van der Waals surface area contributed by atoms with E-state index in [0.29, 0.717) is 0 Å². The molecule has 76 valence electrons. The van der Waals surface area contributed by atoms with Gasteiger partial charge in [0.1, 0.15) is 0 Å². The van der Waals surface area contributed by atoms with Crippen molar-refractivity contribution in [2.24, 2.45) is 0 Å². The van der Waals surface area contributed by atoms with Crippen molar-refractivity contribution in [2.75, 3.05) is 0 Å². The second-order valence-electron chi connectivity index (χ2n) is 3.55. The zero-order valence-electron chi connectivity index (χ0n) is 8.86. The van der Waals surface area contributed by atoms with Crippen LogP contribution in [0.1, 0.15) is 38.5 Å². The Balaban J connectivity index is 2.35. The second-order valence-corrected chi connectivity index (χ2v) is 3.55. The summed E-state index contributed by atoms with van der Waals surface area (Å²) in [7, 11) is 0. The van der Waals surface area contributed by atoms with Gasteiger partial charge in [0.2, 0.25) is 0 Å². The highest BCUT2D eigenvalue weighted by atomic mass is 13.9. The van der Waals surface area contributed by atoms with E-state index in [-0.39, 0.29) is 0 Å². The van der Waals surface area contributed by atoms with Crippen LogP contribution in [0.15, 0.2) is 48.6 Å². The first kappa shape index (κ1) is 11.0. The van der Waals surface area contributed by atoms with Crippen LogP contribution in [-0.4, -0.2) is 0 Å². The lowest BCUT2D eigenvalue weighted by Crippen LogP contribution is -1.72. The maximum Gasteiger partial charge on any atom is -0.0166 e. The lowest BCUT2D eigenvalue weighted by molar-refractivity contribution is 0.761. The summed E-state index contributed by atoms with van der Waals surface area (Å²) in [6, 6.07) is 0. The highest BCUT2D eigenvalue weighted by Gasteiger charge is 1.83. The molecule has 0 aromatic rings. The maximum absolute atomic E-state index is 2.30. The minimum absolute atomic E-state index is 1.05. The minimum atomic E-state index is 1.05. The summed E-state index contributed by atoms with van der Waals surface area (Å²) in [6.45, 7) is 0. The average molecular weight is 188 g/mol. The standard InChI is InChI=1S/C14H20/c1-2-4-6-8-10-12-14-13-11-9-7-5-3-1/h1-4,7,9,13-14H,5-6,8,10-12H2/b3-1-,4-2+,9-7+,14-13?. The van der Waals surface area contributed by atoms with Crippen molar-refractivity contribution in [3.8, 4) is 0 Å². The van der Waals surface area contributed by atoms with Crippen molar-refractivity contribution in [1.29, 1.82) is 0 Å². The normalized spacial score (nSPS) is 26.3. The smallest absolute Gasteiger partial charge is 0.0166 e. The van der Waals surface area contributed by atoms with Gasteiger partial charge in [-0.1, -0.05) is 48.6 Å². The van der Waals surface area contributed by atoms with E-state index in [1.165, 1.54) is 25.7 Å². The minimum Gasteiger partial charge on any atom is -0.0882 e. The summed E-state index contributed by atoms with van der Waals surface area (Å²) in [4.78, 5) is 0. The highest BCUT2D eigenvalue weighted by Crippen LogP contribution is 2.03. The van der Waals surface area contributed by atoms with Crippen LogP contribution in [0, 0.1) is 0 Å². The van der Waals surface area contributed by atoms with Crippen molar-refractivity contribution in [3.63, 3.8) is 0 Å². The third-order valence-corrected chi connectivity index (χ3v) is 2.25. The first-order valence-electron chi connectivity index (χ1n) is 5.62. The maximum atomic E-state index is 2.30. The van der Waals surface area contributed by atoms with Gasteiger partial charge in [-0.05, 0) is 38.5 Å². The third-order valence-electron chi connectivity index (χ3n) is 2.25. The van der Waals surface area contributed by atoms with Gasteiger partial charge < -0.3 is 0 Å². The van der Waals surface area contributed by atoms with Crippen molar-refractivity contribution >= 4 is 0 Å². The molecule has 0 saturated carbocycles. The Kier molecular flexibility index (Phi) is 6.74. The molecular formula is C14H20. The van der Waals surface area contributed by atoms with Gasteiger partial charge in [0.15, 0.2) is 0 Å². The van der Waals surface area contributed by atoms with E-state index < -0.39 is 0 Å². The van der Waals surface area contributed by atoms with E-state index in [1.807, 2.05) is 0 Å². The van der Waals surface area contributed by atoms with E-state index in [4.69, 9.17) is 0 Å². The molecule has 0 nitrogen and oxygen atoms in total. The van der Waals surface area contributed by atoms with Gasteiger partial charge in [0, 0.05) is 0 Å². The van der Waals surface area contributed by atoms with Crippen LogP contribution in [0.4, 0.5) is 0 Å². The quantitative estimate of drug-likeness (QED) is 0.489. The molecule has 0 N–H and O–H groups in total. The number of hydrogen-bond acceptors (Lipinski definition) is 0. The molecule has 0 saturated heterocycles. The largest absolute Gasteiger partial charge is 0.0882 e. The molecule has 0 amide bonds. The van der Waals surface area contributed by atoms with Gasteiger partial charge in [-0.25, -0.2) is 0 Å². The fourth-order valence-corrected chi connectivity index (χ4v) is 1.42. The van der Waals surface area contributed by atoms with Gasteiger partial charge in [0.05, 0.1) is 0 Å². The molecule has 0 fully saturated rings. The van der Waals surface area contributed by atoms with E-state index in [1.54, 1.807) is 0 Å². The van der Waals surface area contributed by atoms with Crippen molar-refractivity contribution in [3.05, 3.63) is 48.6 Å². The molecule has 0 radical (unpaired) electrons. The Morgan fingerprint density at radius 1 is 0.500 bits per heavy atom. The summed E-state index contributed by atoms with van der Waals surface area (Å²) < 4.78 is 0. The molecule has 0 heteroatoms. The molecule has 1 aliphatic rings. The van der Waals surface area contributed by atoms with E-state index in [0.717, 1.165) is 12.8 Å². The first-order valence-corrected chi connectivity index (χ1v) is 5.62. The molecule has 0 spiro atoms. The molecule has 0 aliphatic heterocycles. The van der Waals surface area contributed by atoms with Gasteiger partial charge in [-0.2, -0.15) is 0 Å². The molecule has 0 aromatic carbocycles. The van der Waals surface area contributed by atoms with E-state index >= 15 is 0 Å². The molecular weight excluding hydrogens is 168 g/mol. The zero-order chi connectivity index (χ0) is 9.90. The molecule has 0 bridgehead atoms. The molecule has 1 rings (SSSR count). The van der Waals surface area contributed by atoms with Gasteiger partial charge in [-0.15, -0.1) is 0 Å². The van der Waals surface area contributed by atoms with Crippen molar-refractivity contribution in [2.45, 2.75) is 38.5 Å². The average Bonchev–Trinajstić information content (AvgIpc) is 2.22. The number of allylic oxidation sites excluding steroid dienone is 8.